The highest BCUT2D eigenvalue weighted by atomic mass is 16.5. The van der Waals surface area contributed by atoms with Crippen molar-refractivity contribution < 1.29 is 19.4 Å². The molecule has 1 aliphatic heterocycles. The van der Waals surface area contributed by atoms with Gasteiger partial charge in [-0.15, -0.1) is 0 Å². The van der Waals surface area contributed by atoms with Gasteiger partial charge in [-0.05, 0) is 61.8 Å². The number of carbonyl (C=O) groups excluding carboxylic acids is 1. The van der Waals surface area contributed by atoms with Crippen molar-refractivity contribution in [1.82, 2.24) is 4.90 Å². The molecule has 0 radical (unpaired) electrons. The molecule has 24 heavy (non-hydrogen) atoms. The number of carbonyl (C=O) groups is 2. The number of piperidine rings is 1. The van der Waals surface area contributed by atoms with Crippen molar-refractivity contribution in [3.63, 3.8) is 0 Å². The van der Waals surface area contributed by atoms with Crippen molar-refractivity contribution in [2.75, 3.05) is 19.7 Å². The van der Waals surface area contributed by atoms with Crippen molar-refractivity contribution in [2.45, 2.75) is 40.5 Å². The first-order valence-electron chi connectivity index (χ1n) is 8.54. The molecule has 1 aromatic carbocycles. The van der Waals surface area contributed by atoms with Crippen LogP contribution in [-0.4, -0.2) is 41.6 Å². The maximum absolute atomic E-state index is 12.7. The van der Waals surface area contributed by atoms with E-state index >= 15 is 0 Å². The molecule has 2 rings (SSSR count). The molecule has 0 atom stereocenters. The molecular weight excluding hydrogens is 306 g/mol. The van der Waals surface area contributed by atoms with Gasteiger partial charge in [-0.3, -0.25) is 4.79 Å². The summed E-state index contributed by atoms with van der Waals surface area (Å²) in [6.07, 6.45) is 2.11. The molecule has 1 saturated heterocycles. The van der Waals surface area contributed by atoms with E-state index in [-0.39, 0.29) is 12.5 Å². The van der Waals surface area contributed by atoms with Crippen molar-refractivity contribution in [3.05, 3.63) is 28.8 Å². The molecule has 0 spiro atoms. The number of hydrogen-bond donors (Lipinski definition) is 1. The van der Waals surface area contributed by atoms with Gasteiger partial charge >= 0.3 is 5.97 Å². The van der Waals surface area contributed by atoms with Crippen molar-refractivity contribution in [1.29, 1.82) is 0 Å². The Morgan fingerprint density at radius 3 is 2.21 bits per heavy atom. The Balaban J connectivity index is 2.09. The minimum Gasteiger partial charge on any atom is -0.481 e. The van der Waals surface area contributed by atoms with Crippen molar-refractivity contribution in [2.24, 2.45) is 11.8 Å². The van der Waals surface area contributed by atoms with E-state index in [1.165, 1.54) is 0 Å². The summed E-state index contributed by atoms with van der Waals surface area (Å²) >= 11 is 0. The quantitative estimate of drug-likeness (QED) is 0.898. The van der Waals surface area contributed by atoms with E-state index < -0.39 is 5.97 Å². The number of hydrogen-bond acceptors (Lipinski definition) is 3. The number of amides is 1. The molecule has 1 heterocycles. The van der Waals surface area contributed by atoms with Crippen LogP contribution in [0.4, 0.5) is 0 Å². The zero-order valence-corrected chi connectivity index (χ0v) is 15.0. The van der Waals surface area contributed by atoms with Crippen molar-refractivity contribution >= 4 is 11.9 Å². The smallest absolute Gasteiger partial charge is 0.341 e. The van der Waals surface area contributed by atoms with Gasteiger partial charge in [0.15, 0.2) is 6.61 Å². The number of aliphatic carboxylic acids is 1. The number of carboxylic acids is 1. The molecule has 0 saturated carbocycles. The Hall–Kier alpha value is -2.04. The van der Waals surface area contributed by atoms with Crippen LogP contribution in [0.3, 0.4) is 0 Å². The maximum Gasteiger partial charge on any atom is 0.341 e. The lowest BCUT2D eigenvalue weighted by atomic mass is 9.86. The maximum atomic E-state index is 12.7. The van der Waals surface area contributed by atoms with Gasteiger partial charge in [0.1, 0.15) is 5.75 Å². The third kappa shape index (κ3) is 4.28. The fraction of sp³-hybridized carbons (Fsp3) is 0.579. The Bertz CT molecular complexity index is 593. The van der Waals surface area contributed by atoms with E-state index in [0.717, 1.165) is 37.1 Å². The summed E-state index contributed by atoms with van der Waals surface area (Å²) in [7, 11) is 0. The van der Waals surface area contributed by atoms with Gasteiger partial charge in [-0.1, -0.05) is 13.8 Å². The van der Waals surface area contributed by atoms with E-state index in [2.05, 4.69) is 13.8 Å². The average Bonchev–Trinajstić information content (AvgIpc) is 2.53. The summed E-state index contributed by atoms with van der Waals surface area (Å²) in [5.74, 6) is 0.948. The van der Waals surface area contributed by atoms with Crippen LogP contribution in [-0.2, 0) is 4.79 Å². The molecule has 132 valence electrons. The molecule has 1 aromatic rings. The van der Waals surface area contributed by atoms with Crippen LogP contribution in [0.2, 0.25) is 0 Å². The predicted molar refractivity (Wildman–Crippen MR) is 92.5 cm³/mol. The molecule has 1 aliphatic rings. The first kappa shape index (κ1) is 18.3. The number of rotatable bonds is 5. The predicted octanol–water partition coefficient (Wildman–Crippen LogP) is 3.28. The van der Waals surface area contributed by atoms with Crippen LogP contribution in [0.15, 0.2) is 12.1 Å². The third-order valence-electron chi connectivity index (χ3n) is 4.82. The zero-order valence-electron chi connectivity index (χ0n) is 15.0. The number of carboxylic acid groups (broad SMARTS) is 1. The zero-order chi connectivity index (χ0) is 17.9. The largest absolute Gasteiger partial charge is 0.481 e. The standard InChI is InChI=1S/C19H27NO4/c1-12(2)15-5-7-20(8-6-15)19(23)16-9-13(3)18(14(4)10-16)24-11-17(21)22/h9-10,12,15H,5-8,11H2,1-4H3,(H,21,22). The van der Waals surface area contributed by atoms with Gasteiger partial charge < -0.3 is 14.7 Å². The summed E-state index contributed by atoms with van der Waals surface area (Å²) in [6.45, 7) is 9.39. The van der Waals surface area contributed by atoms with E-state index in [1.807, 2.05) is 18.7 Å². The molecule has 1 fully saturated rings. The molecule has 1 N–H and O–H groups in total. The minimum absolute atomic E-state index is 0.0493. The van der Waals surface area contributed by atoms with Gasteiger partial charge in [-0.25, -0.2) is 4.79 Å². The Morgan fingerprint density at radius 2 is 1.75 bits per heavy atom. The van der Waals surface area contributed by atoms with E-state index in [4.69, 9.17) is 9.84 Å². The summed E-state index contributed by atoms with van der Waals surface area (Å²) in [5.41, 5.74) is 2.23. The first-order valence-corrected chi connectivity index (χ1v) is 8.54. The molecule has 5 nitrogen and oxygen atoms in total. The fourth-order valence-corrected chi connectivity index (χ4v) is 3.39. The SMILES string of the molecule is Cc1cc(C(=O)N2CCC(C(C)C)CC2)cc(C)c1OCC(=O)O. The number of aryl methyl sites for hydroxylation is 2. The summed E-state index contributed by atoms with van der Waals surface area (Å²) < 4.78 is 5.33. The Labute approximate surface area is 143 Å². The molecule has 0 bridgehead atoms. The van der Waals surface area contributed by atoms with Gasteiger partial charge in [0.2, 0.25) is 0 Å². The monoisotopic (exact) mass is 333 g/mol. The lowest BCUT2D eigenvalue weighted by Gasteiger charge is -2.34. The summed E-state index contributed by atoms with van der Waals surface area (Å²) in [6, 6.07) is 3.59. The molecule has 1 amide bonds. The second kappa shape index (κ2) is 7.69. The van der Waals surface area contributed by atoms with E-state index in [1.54, 1.807) is 12.1 Å². The highest BCUT2D eigenvalue weighted by Gasteiger charge is 2.25. The van der Waals surface area contributed by atoms with Crippen LogP contribution in [0.25, 0.3) is 0 Å². The van der Waals surface area contributed by atoms with Gasteiger partial charge in [-0.2, -0.15) is 0 Å². The third-order valence-corrected chi connectivity index (χ3v) is 4.82. The van der Waals surface area contributed by atoms with Gasteiger partial charge in [0, 0.05) is 18.7 Å². The highest BCUT2D eigenvalue weighted by molar-refractivity contribution is 5.95. The molecule has 0 unspecified atom stereocenters. The Morgan fingerprint density at radius 1 is 1.21 bits per heavy atom. The van der Waals surface area contributed by atoms with Crippen LogP contribution in [0.5, 0.6) is 5.75 Å². The van der Waals surface area contributed by atoms with Crippen LogP contribution < -0.4 is 4.74 Å². The van der Waals surface area contributed by atoms with Crippen LogP contribution in [0, 0.1) is 25.7 Å². The lowest BCUT2D eigenvalue weighted by molar-refractivity contribution is -0.139. The number of nitrogens with zero attached hydrogens (tertiary/aromatic N) is 1. The number of benzene rings is 1. The lowest BCUT2D eigenvalue weighted by Crippen LogP contribution is -2.39. The fourth-order valence-electron chi connectivity index (χ4n) is 3.39. The number of likely N-dealkylation sites (tertiary alicyclic amines) is 1. The molecule has 0 aromatic heterocycles. The second-order valence-electron chi connectivity index (χ2n) is 7.00. The van der Waals surface area contributed by atoms with E-state index in [9.17, 15) is 9.59 Å². The average molecular weight is 333 g/mol. The van der Waals surface area contributed by atoms with E-state index in [0.29, 0.717) is 23.1 Å². The molecular formula is C19H27NO4. The molecule has 5 heteroatoms. The first-order chi connectivity index (χ1) is 11.3. The summed E-state index contributed by atoms with van der Waals surface area (Å²) in [5, 5.41) is 8.74. The Kier molecular flexibility index (Phi) is 5.86. The van der Waals surface area contributed by atoms with Gasteiger partial charge in [0.25, 0.3) is 5.91 Å². The summed E-state index contributed by atoms with van der Waals surface area (Å²) in [4.78, 5) is 25.3. The normalized spacial score (nSPS) is 15.6. The van der Waals surface area contributed by atoms with Crippen LogP contribution >= 0.6 is 0 Å². The second-order valence-corrected chi connectivity index (χ2v) is 7.00. The topological polar surface area (TPSA) is 66.8 Å². The highest BCUT2D eigenvalue weighted by Crippen LogP contribution is 2.28. The number of ether oxygens (including phenoxy) is 1. The van der Waals surface area contributed by atoms with Crippen LogP contribution in [0.1, 0.15) is 48.2 Å². The van der Waals surface area contributed by atoms with Crippen molar-refractivity contribution in [3.8, 4) is 5.75 Å². The molecule has 0 aliphatic carbocycles. The minimum atomic E-state index is -1.01. The van der Waals surface area contributed by atoms with Gasteiger partial charge in [0.05, 0.1) is 0 Å².